The molecule has 2 unspecified atom stereocenters. The summed E-state index contributed by atoms with van der Waals surface area (Å²) in [4.78, 5) is 19.7. The topological polar surface area (TPSA) is 89.6 Å². The van der Waals surface area contributed by atoms with E-state index in [4.69, 9.17) is 65.4 Å². The fourth-order valence-electron chi connectivity index (χ4n) is 5.19. The van der Waals surface area contributed by atoms with Crippen LogP contribution in [-0.4, -0.2) is 37.6 Å². The van der Waals surface area contributed by atoms with Crippen LogP contribution >= 0.6 is 46.4 Å². The molecule has 3 heterocycles. The van der Waals surface area contributed by atoms with E-state index in [1.54, 1.807) is 78.9 Å². The van der Waals surface area contributed by atoms with E-state index in [9.17, 15) is 13.6 Å². The molecule has 4 aromatic carbocycles. The summed E-state index contributed by atoms with van der Waals surface area (Å²) in [5.41, 5.74) is 0.878. The Morgan fingerprint density at radius 1 is 0.769 bits per heavy atom. The van der Waals surface area contributed by atoms with E-state index < -0.39 is 17.7 Å². The second-order valence-electron chi connectivity index (χ2n) is 11.5. The highest BCUT2D eigenvalue weighted by atomic mass is 35.5. The van der Waals surface area contributed by atoms with Crippen LogP contribution in [0.3, 0.4) is 0 Å². The molecule has 0 saturated carbocycles. The molecule has 0 spiro atoms. The first-order valence-electron chi connectivity index (χ1n) is 15.6. The quantitative estimate of drug-likeness (QED) is 0.128. The summed E-state index contributed by atoms with van der Waals surface area (Å²) in [5, 5.41) is 1.85. The van der Waals surface area contributed by atoms with Crippen LogP contribution in [0.4, 0.5) is 8.78 Å². The summed E-state index contributed by atoms with van der Waals surface area (Å²) in [6.45, 7) is 2.16. The van der Waals surface area contributed by atoms with E-state index in [0.717, 1.165) is 17.0 Å². The molecule has 0 amide bonds. The molecule has 1 saturated heterocycles. The summed E-state index contributed by atoms with van der Waals surface area (Å²) in [6.07, 6.45) is 4.65. The van der Waals surface area contributed by atoms with Gasteiger partial charge in [0.2, 0.25) is 17.7 Å². The number of carbonyl (C=O) groups excluding carboxylic acids is 1. The Balaban J connectivity index is 0.000000181. The molecule has 6 aromatic rings. The number of carbonyl (C=O) groups is 1. The minimum absolute atomic E-state index is 0.0836. The van der Waals surface area contributed by atoms with Gasteiger partial charge < -0.3 is 23.5 Å². The molecular formula is C37H28Cl4F2N4O5. The van der Waals surface area contributed by atoms with Crippen LogP contribution < -0.4 is 9.47 Å². The second kappa shape index (κ2) is 16.5. The van der Waals surface area contributed by atoms with Gasteiger partial charge in [0.25, 0.3) is 0 Å². The number of rotatable bonds is 10. The van der Waals surface area contributed by atoms with Gasteiger partial charge in [0.1, 0.15) is 23.0 Å². The van der Waals surface area contributed by atoms with Gasteiger partial charge in [0, 0.05) is 27.2 Å². The highest BCUT2D eigenvalue weighted by molar-refractivity contribution is 6.34. The van der Waals surface area contributed by atoms with Crippen molar-refractivity contribution in [1.82, 2.24) is 19.1 Å². The first kappa shape index (κ1) is 37.3. The maximum absolute atomic E-state index is 13.9. The molecule has 2 atom stereocenters. The fraction of sp³-hybridized carbons (Fsp3) is 0.162. The van der Waals surface area contributed by atoms with Gasteiger partial charge in [0.15, 0.2) is 5.78 Å². The van der Waals surface area contributed by atoms with Crippen LogP contribution in [0.2, 0.25) is 20.1 Å². The van der Waals surface area contributed by atoms with Crippen molar-refractivity contribution in [2.75, 3.05) is 6.61 Å². The summed E-state index contributed by atoms with van der Waals surface area (Å²) in [7, 11) is 0. The number of hydrogen-bond acceptors (Lipinski definition) is 7. The van der Waals surface area contributed by atoms with Gasteiger partial charge >= 0.3 is 0 Å². The molecule has 0 bridgehead atoms. The number of ether oxygens (including phenoxy) is 4. The zero-order valence-electron chi connectivity index (χ0n) is 27.2. The van der Waals surface area contributed by atoms with E-state index in [-0.39, 0.29) is 35.6 Å². The predicted molar refractivity (Wildman–Crippen MR) is 193 cm³/mol. The molecule has 268 valence electrons. The molecule has 15 heteroatoms. The average molecular weight is 788 g/mol. The van der Waals surface area contributed by atoms with Crippen LogP contribution in [-0.2, 0) is 28.4 Å². The largest absolute Gasteiger partial charge is 0.457 e. The Bertz CT molecular complexity index is 2160. The molecule has 0 aliphatic carbocycles. The number of imidazole rings is 2. The van der Waals surface area contributed by atoms with Gasteiger partial charge in [-0.25, -0.2) is 9.97 Å². The maximum Gasteiger partial charge on any atom is 0.215 e. The zero-order valence-corrected chi connectivity index (χ0v) is 30.2. The van der Waals surface area contributed by atoms with Crippen molar-refractivity contribution in [1.29, 1.82) is 0 Å². The van der Waals surface area contributed by atoms with Crippen LogP contribution in [0.5, 0.6) is 23.0 Å². The minimum atomic E-state index is -1.21. The van der Waals surface area contributed by atoms with Gasteiger partial charge in [-0.05, 0) is 85.8 Å². The number of aromatic nitrogens is 4. The summed E-state index contributed by atoms with van der Waals surface area (Å²) in [5.74, 6) is -0.349. The normalized spacial score (nSPS) is 16.6. The molecule has 0 radical (unpaired) electrons. The molecule has 1 aliphatic rings. The first-order chi connectivity index (χ1) is 25.0. The highest BCUT2D eigenvalue weighted by Crippen LogP contribution is 2.41. The second-order valence-corrected chi connectivity index (χ2v) is 13.2. The van der Waals surface area contributed by atoms with Crippen LogP contribution in [0.15, 0.2) is 110 Å². The third-order valence-electron chi connectivity index (χ3n) is 7.65. The molecular weight excluding hydrogens is 760 g/mol. The number of benzene rings is 4. The highest BCUT2D eigenvalue weighted by Gasteiger charge is 2.44. The van der Waals surface area contributed by atoms with Gasteiger partial charge in [-0.15, -0.1) is 0 Å². The van der Waals surface area contributed by atoms with Crippen molar-refractivity contribution in [2.45, 2.75) is 31.9 Å². The Kier molecular flexibility index (Phi) is 11.8. The van der Waals surface area contributed by atoms with Crippen molar-refractivity contribution < 1.29 is 32.5 Å². The lowest BCUT2D eigenvalue weighted by Crippen LogP contribution is -2.34. The predicted octanol–water partition coefficient (Wildman–Crippen LogP) is 10.4. The van der Waals surface area contributed by atoms with Crippen molar-refractivity contribution in [3.63, 3.8) is 0 Å². The lowest BCUT2D eigenvalue weighted by Gasteiger charge is -2.29. The molecule has 1 aliphatic heterocycles. The standard InChI is InChI=1S/C20H17Cl2FN2O3.C17H11Cl2FN2O2/c1-13-10-26-20(28-13,11-25-12-24-9-19(25)23)17-7-6-16(8-18(17)22)27-15-4-2-14(21)3-5-15;18-11-1-3-12(4-2-11)24-13-5-6-14(15(19)7-13)16(23)9-22-10-21-8-17(22)20/h2-9,12-13H,10-11H2,1H3;1-8,10H,9H2. The van der Waals surface area contributed by atoms with Gasteiger partial charge in [-0.3, -0.25) is 9.36 Å². The summed E-state index contributed by atoms with van der Waals surface area (Å²) < 4.78 is 53.2. The van der Waals surface area contributed by atoms with Crippen molar-refractivity contribution in [3.05, 3.63) is 153 Å². The van der Waals surface area contributed by atoms with Crippen LogP contribution in [0.25, 0.3) is 0 Å². The third kappa shape index (κ3) is 9.11. The number of nitrogens with zero attached hydrogens (tertiary/aromatic N) is 4. The molecule has 52 heavy (non-hydrogen) atoms. The van der Waals surface area contributed by atoms with Crippen molar-refractivity contribution in [2.24, 2.45) is 0 Å². The maximum atomic E-state index is 13.9. The third-order valence-corrected chi connectivity index (χ3v) is 8.78. The lowest BCUT2D eigenvalue weighted by molar-refractivity contribution is -0.186. The number of halogens is 6. The van der Waals surface area contributed by atoms with Crippen molar-refractivity contribution in [3.8, 4) is 23.0 Å². The van der Waals surface area contributed by atoms with Gasteiger partial charge in [-0.1, -0.05) is 46.4 Å². The molecule has 2 aromatic heterocycles. The Morgan fingerprint density at radius 3 is 1.77 bits per heavy atom. The molecule has 1 fully saturated rings. The Morgan fingerprint density at radius 2 is 1.29 bits per heavy atom. The number of Topliss-reactive ketones (excluding diaryl/α,β-unsaturated/α-hetero) is 1. The fourth-order valence-corrected chi connectivity index (χ4v) is 6.03. The monoisotopic (exact) mass is 786 g/mol. The van der Waals surface area contributed by atoms with E-state index in [2.05, 4.69) is 9.97 Å². The Hall–Kier alpha value is -4.49. The average Bonchev–Trinajstić information content (AvgIpc) is 3.83. The van der Waals surface area contributed by atoms with Gasteiger partial charge in [-0.2, -0.15) is 8.78 Å². The SMILES string of the molecule is CC1COC(Cn2cncc2F)(c2ccc(Oc3ccc(Cl)cc3)cc2Cl)O1.O=C(Cn1cncc1F)c1ccc(Oc2ccc(Cl)cc2)cc1Cl. The molecule has 0 N–H and O–H groups in total. The molecule has 9 nitrogen and oxygen atoms in total. The van der Waals surface area contributed by atoms with E-state index >= 15 is 0 Å². The van der Waals surface area contributed by atoms with Crippen LogP contribution in [0.1, 0.15) is 22.8 Å². The van der Waals surface area contributed by atoms with Crippen LogP contribution in [0, 0.1) is 11.9 Å². The summed E-state index contributed by atoms with van der Waals surface area (Å²) in [6, 6.07) is 23.8. The zero-order chi connectivity index (χ0) is 36.8. The summed E-state index contributed by atoms with van der Waals surface area (Å²) >= 11 is 24.4. The Labute approximate surface area is 317 Å². The van der Waals surface area contributed by atoms with Gasteiger partial charge in [0.05, 0.1) is 60.9 Å². The smallest absolute Gasteiger partial charge is 0.215 e. The van der Waals surface area contributed by atoms with E-state index in [0.29, 0.717) is 50.2 Å². The minimum Gasteiger partial charge on any atom is -0.457 e. The first-order valence-corrected chi connectivity index (χ1v) is 17.1. The van der Waals surface area contributed by atoms with Crippen molar-refractivity contribution >= 4 is 52.2 Å². The molecule has 7 rings (SSSR count). The number of hydrogen-bond donors (Lipinski definition) is 0. The van der Waals surface area contributed by atoms with E-state index in [1.165, 1.54) is 23.3 Å². The van der Waals surface area contributed by atoms with E-state index in [1.807, 2.05) is 6.92 Å². The number of ketones is 1. The lowest BCUT2D eigenvalue weighted by atomic mass is 10.0.